The average Bonchev–Trinajstić information content (AvgIpc) is 2.45. The lowest BCUT2D eigenvalue weighted by Crippen LogP contribution is -2.03. The minimum atomic E-state index is -0.0122. The molecule has 0 unspecified atom stereocenters. The summed E-state index contributed by atoms with van der Waals surface area (Å²) in [6.07, 6.45) is 1.50. The minimum Gasteiger partial charge on any atom is -0.463 e. The van der Waals surface area contributed by atoms with Gasteiger partial charge >= 0.3 is 0 Å². The second-order valence-corrected chi connectivity index (χ2v) is 5.53. The summed E-state index contributed by atoms with van der Waals surface area (Å²) in [5.74, 6) is 0. The van der Waals surface area contributed by atoms with Gasteiger partial charge in [-0.05, 0) is 36.4 Å². The standard InChI is InChI=1S/C15H9ClO2S/c16-10-5-7-11(8-6-10)19-14-9-18-13-4-2-1-3-12(13)15(14)17/h1-9H. The molecule has 4 heteroatoms. The van der Waals surface area contributed by atoms with Crippen LogP contribution in [0.5, 0.6) is 0 Å². The third-order valence-corrected chi connectivity index (χ3v) is 3.95. The lowest BCUT2D eigenvalue weighted by atomic mass is 10.2. The van der Waals surface area contributed by atoms with Gasteiger partial charge in [-0.1, -0.05) is 35.5 Å². The van der Waals surface area contributed by atoms with Gasteiger partial charge in [0, 0.05) is 9.92 Å². The van der Waals surface area contributed by atoms with Gasteiger partial charge in [-0.2, -0.15) is 0 Å². The van der Waals surface area contributed by atoms with Crippen molar-refractivity contribution in [2.75, 3.05) is 0 Å². The number of rotatable bonds is 2. The first-order valence-electron chi connectivity index (χ1n) is 5.68. The zero-order chi connectivity index (χ0) is 13.2. The van der Waals surface area contributed by atoms with Gasteiger partial charge < -0.3 is 4.42 Å². The van der Waals surface area contributed by atoms with Crippen LogP contribution in [0, 0.1) is 0 Å². The fourth-order valence-corrected chi connectivity index (χ4v) is 2.71. The van der Waals surface area contributed by atoms with Crippen molar-refractivity contribution in [1.29, 1.82) is 0 Å². The van der Waals surface area contributed by atoms with Crippen LogP contribution in [0.3, 0.4) is 0 Å². The highest BCUT2D eigenvalue weighted by Gasteiger charge is 2.07. The van der Waals surface area contributed by atoms with Crippen molar-refractivity contribution >= 4 is 34.3 Å². The lowest BCUT2D eigenvalue weighted by molar-refractivity contribution is 0.587. The summed E-state index contributed by atoms with van der Waals surface area (Å²) in [5, 5.41) is 1.27. The molecule has 1 aromatic heterocycles. The van der Waals surface area contributed by atoms with Gasteiger partial charge in [0.1, 0.15) is 11.8 Å². The SMILES string of the molecule is O=c1c(Sc2ccc(Cl)cc2)coc2ccccc12. The fraction of sp³-hybridized carbons (Fsp3) is 0. The Kier molecular flexibility index (Phi) is 3.32. The number of halogens is 1. The summed E-state index contributed by atoms with van der Waals surface area (Å²) in [4.78, 5) is 13.8. The molecule has 0 saturated heterocycles. The first-order chi connectivity index (χ1) is 9.24. The maximum absolute atomic E-state index is 12.3. The van der Waals surface area contributed by atoms with E-state index in [2.05, 4.69) is 0 Å². The van der Waals surface area contributed by atoms with Gasteiger partial charge in [0.2, 0.25) is 5.43 Å². The van der Waals surface area contributed by atoms with Crippen molar-refractivity contribution < 1.29 is 4.42 Å². The Morgan fingerprint density at radius 2 is 1.74 bits per heavy atom. The van der Waals surface area contributed by atoms with E-state index in [1.54, 1.807) is 24.3 Å². The molecule has 0 aliphatic heterocycles. The highest BCUT2D eigenvalue weighted by Crippen LogP contribution is 2.27. The zero-order valence-electron chi connectivity index (χ0n) is 9.80. The van der Waals surface area contributed by atoms with E-state index in [9.17, 15) is 4.79 Å². The first kappa shape index (κ1) is 12.3. The van der Waals surface area contributed by atoms with E-state index in [1.807, 2.05) is 24.3 Å². The van der Waals surface area contributed by atoms with Gasteiger partial charge in [-0.3, -0.25) is 4.79 Å². The molecule has 0 aliphatic carbocycles. The van der Waals surface area contributed by atoms with Crippen molar-refractivity contribution in [2.45, 2.75) is 9.79 Å². The lowest BCUT2D eigenvalue weighted by Gasteiger charge is -2.02. The fourth-order valence-electron chi connectivity index (χ4n) is 1.76. The van der Waals surface area contributed by atoms with Gasteiger partial charge in [0.15, 0.2) is 0 Å². The van der Waals surface area contributed by atoms with Crippen molar-refractivity contribution in [3.63, 3.8) is 0 Å². The Balaban J connectivity index is 2.04. The Morgan fingerprint density at radius 1 is 1.00 bits per heavy atom. The molecular weight excluding hydrogens is 280 g/mol. The van der Waals surface area contributed by atoms with Crippen molar-refractivity contribution in [3.8, 4) is 0 Å². The number of fused-ring (bicyclic) bond motifs is 1. The number of hydrogen-bond donors (Lipinski definition) is 0. The van der Waals surface area contributed by atoms with Crippen molar-refractivity contribution in [3.05, 3.63) is 70.0 Å². The van der Waals surface area contributed by atoms with E-state index >= 15 is 0 Å². The van der Waals surface area contributed by atoms with Crippen LogP contribution in [0.1, 0.15) is 0 Å². The summed E-state index contributed by atoms with van der Waals surface area (Å²) in [6.45, 7) is 0. The molecule has 3 rings (SSSR count). The Morgan fingerprint density at radius 3 is 2.53 bits per heavy atom. The van der Waals surface area contributed by atoms with E-state index in [1.165, 1.54) is 18.0 Å². The summed E-state index contributed by atoms with van der Waals surface area (Å²) in [6, 6.07) is 14.6. The molecule has 0 spiro atoms. The van der Waals surface area contributed by atoms with Crippen LogP contribution in [0.2, 0.25) is 5.02 Å². The van der Waals surface area contributed by atoms with E-state index in [0.717, 1.165) is 4.90 Å². The van der Waals surface area contributed by atoms with Gasteiger partial charge in [-0.25, -0.2) is 0 Å². The Labute approximate surface area is 119 Å². The second kappa shape index (κ2) is 5.11. The van der Waals surface area contributed by atoms with Crippen LogP contribution in [-0.4, -0.2) is 0 Å². The van der Waals surface area contributed by atoms with Crippen molar-refractivity contribution in [1.82, 2.24) is 0 Å². The molecule has 1 heterocycles. The van der Waals surface area contributed by atoms with Crippen LogP contribution in [-0.2, 0) is 0 Å². The molecule has 2 nitrogen and oxygen atoms in total. The second-order valence-electron chi connectivity index (χ2n) is 3.98. The largest absolute Gasteiger partial charge is 0.463 e. The quantitative estimate of drug-likeness (QED) is 0.690. The average molecular weight is 289 g/mol. The maximum atomic E-state index is 12.3. The van der Waals surface area contributed by atoms with E-state index in [0.29, 0.717) is 20.9 Å². The van der Waals surface area contributed by atoms with Gasteiger partial charge in [0.05, 0.1) is 10.3 Å². The highest BCUT2D eigenvalue weighted by molar-refractivity contribution is 7.99. The summed E-state index contributed by atoms with van der Waals surface area (Å²) in [7, 11) is 0. The number of benzene rings is 2. The maximum Gasteiger partial charge on any atom is 0.206 e. The third kappa shape index (κ3) is 2.53. The molecule has 0 fully saturated rings. The first-order valence-corrected chi connectivity index (χ1v) is 6.87. The topological polar surface area (TPSA) is 30.2 Å². The molecule has 0 radical (unpaired) electrons. The molecule has 0 bridgehead atoms. The van der Waals surface area contributed by atoms with Crippen LogP contribution in [0.15, 0.2) is 73.8 Å². The molecule has 0 N–H and O–H groups in total. The number of para-hydroxylation sites is 1. The van der Waals surface area contributed by atoms with E-state index < -0.39 is 0 Å². The molecule has 94 valence electrons. The Hall–Kier alpha value is -1.71. The van der Waals surface area contributed by atoms with Gasteiger partial charge in [-0.15, -0.1) is 0 Å². The zero-order valence-corrected chi connectivity index (χ0v) is 11.4. The minimum absolute atomic E-state index is 0.0122. The number of hydrogen-bond acceptors (Lipinski definition) is 3. The summed E-state index contributed by atoms with van der Waals surface area (Å²) >= 11 is 7.21. The molecule has 3 aromatic rings. The van der Waals surface area contributed by atoms with Crippen LogP contribution < -0.4 is 5.43 Å². The van der Waals surface area contributed by atoms with Crippen molar-refractivity contribution in [2.24, 2.45) is 0 Å². The molecule has 0 aliphatic rings. The predicted molar refractivity (Wildman–Crippen MR) is 78.1 cm³/mol. The molecule has 2 aromatic carbocycles. The Bertz CT molecular complexity index is 778. The molecular formula is C15H9ClO2S. The smallest absolute Gasteiger partial charge is 0.206 e. The molecule has 0 amide bonds. The van der Waals surface area contributed by atoms with Crippen LogP contribution in [0.25, 0.3) is 11.0 Å². The predicted octanol–water partition coefficient (Wildman–Crippen LogP) is 4.60. The molecule has 19 heavy (non-hydrogen) atoms. The van der Waals surface area contributed by atoms with Crippen LogP contribution in [0.4, 0.5) is 0 Å². The van der Waals surface area contributed by atoms with Crippen LogP contribution >= 0.6 is 23.4 Å². The summed E-state index contributed by atoms with van der Waals surface area (Å²) in [5.41, 5.74) is 0.592. The monoisotopic (exact) mass is 288 g/mol. The molecule has 0 atom stereocenters. The van der Waals surface area contributed by atoms with Gasteiger partial charge in [0.25, 0.3) is 0 Å². The van der Waals surface area contributed by atoms with E-state index in [-0.39, 0.29) is 5.43 Å². The summed E-state index contributed by atoms with van der Waals surface area (Å²) < 4.78 is 5.47. The van der Waals surface area contributed by atoms with E-state index in [4.69, 9.17) is 16.0 Å². The third-order valence-electron chi connectivity index (χ3n) is 2.69. The normalized spacial score (nSPS) is 10.8. The highest BCUT2D eigenvalue weighted by atomic mass is 35.5. The molecule has 0 saturated carbocycles.